The van der Waals surface area contributed by atoms with Crippen molar-refractivity contribution in [1.82, 2.24) is 4.98 Å². The van der Waals surface area contributed by atoms with Gasteiger partial charge in [-0.05, 0) is 47.1 Å². The SMILES string of the molecule is CCOc1c(Br)cc(Cl)cc1NC(=O)c1ncccc1N. The summed E-state index contributed by atoms with van der Waals surface area (Å²) in [5.41, 5.74) is 6.64. The number of pyridine rings is 1. The van der Waals surface area contributed by atoms with E-state index >= 15 is 0 Å². The quantitative estimate of drug-likeness (QED) is 0.859. The summed E-state index contributed by atoms with van der Waals surface area (Å²) >= 11 is 9.36. The molecule has 1 heterocycles. The summed E-state index contributed by atoms with van der Waals surface area (Å²) < 4.78 is 6.17. The van der Waals surface area contributed by atoms with E-state index in [-0.39, 0.29) is 5.69 Å². The minimum atomic E-state index is -0.428. The van der Waals surface area contributed by atoms with Gasteiger partial charge < -0.3 is 15.8 Å². The predicted molar refractivity (Wildman–Crippen MR) is 86.9 cm³/mol. The fourth-order valence-corrected chi connectivity index (χ4v) is 2.66. The second-order valence-electron chi connectivity index (χ2n) is 4.09. The van der Waals surface area contributed by atoms with E-state index < -0.39 is 5.91 Å². The van der Waals surface area contributed by atoms with Crippen LogP contribution in [0.5, 0.6) is 5.75 Å². The minimum absolute atomic E-state index is 0.149. The molecular formula is C14H13BrClN3O2. The molecule has 0 fully saturated rings. The molecule has 1 aromatic carbocycles. The molecule has 0 radical (unpaired) electrons. The number of carbonyl (C=O) groups excluding carboxylic acids is 1. The zero-order valence-electron chi connectivity index (χ0n) is 11.2. The molecule has 0 saturated carbocycles. The largest absolute Gasteiger partial charge is 0.491 e. The number of nitrogens with one attached hydrogen (secondary N) is 1. The number of rotatable bonds is 4. The number of anilines is 2. The van der Waals surface area contributed by atoms with Crippen molar-refractivity contribution < 1.29 is 9.53 Å². The van der Waals surface area contributed by atoms with Crippen LogP contribution in [0.15, 0.2) is 34.9 Å². The molecule has 0 saturated heterocycles. The smallest absolute Gasteiger partial charge is 0.276 e. The number of nitrogens with zero attached hydrogens (tertiary/aromatic N) is 1. The molecule has 110 valence electrons. The van der Waals surface area contributed by atoms with Crippen molar-refractivity contribution in [3.63, 3.8) is 0 Å². The van der Waals surface area contributed by atoms with Gasteiger partial charge in [0.25, 0.3) is 5.91 Å². The Balaban J connectivity index is 2.35. The molecule has 0 aliphatic carbocycles. The summed E-state index contributed by atoms with van der Waals surface area (Å²) in [6.45, 7) is 2.30. The zero-order valence-corrected chi connectivity index (χ0v) is 13.5. The summed E-state index contributed by atoms with van der Waals surface area (Å²) in [7, 11) is 0. The fraction of sp³-hybridized carbons (Fsp3) is 0.143. The number of halogens is 2. The van der Waals surface area contributed by atoms with Crippen molar-refractivity contribution in [2.45, 2.75) is 6.92 Å². The first-order valence-corrected chi connectivity index (χ1v) is 7.33. The maximum Gasteiger partial charge on any atom is 0.276 e. The molecule has 2 rings (SSSR count). The number of hydrogen-bond donors (Lipinski definition) is 2. The van der Waals surface area contributed by atoms with Crippen LogP contribution in [0.25, 0.3) is 0 Å². The van der Waals surface area contributed by atoms with E-state index in [9.17, 15) is 4.79 Å². The van der Waals surface area contributed by atoms with Crippen LogP contribution in [-0.4, -0.2) is 17.5 Å². The summed E-state index contributed by atoms with van der Waals surface area (Å²) in [6, 6.07) is 6.57. The lowest BCUT2D eigenvalue weighted by Gasteiger charge is -2.14. The summed E-state index contributed by atoms with van der Waals surface area (Å²) in [5.74, 6) is 0.0768. The Bertz CT molecular complexity index is 679. The van der Waals surface area contributed by atoms with E-state index in [1.54, 1.807) is 24.3 Å². The highest BCUT2D eigenvalue weighted by Crippen LogP contribution is 2.36. The van der Waals surface area contributed by atoms with E-state index in [2.05, 4.69) is 26.2 Å². The first-order chi connectivity index (χ1) is 10.0. The van der Waals surface area contributed by atoms with Gasteiger partial charge in [0.05, 0.1) is 22.5 Å². The fourth-order valence-electron chi connectivity index (χ4n) is 1.73. The number of nitrogen functional groups attached to an aromatic ring is 1. The third-order valence-electron chi connectivity index (χ3n) is 2.60. The first-order valence-electron chi connectivity index (χ1n) is 6.16. The number of benzene rings is 1. The summed E-state index contributed by atoms with van der Waals surface area (Å²) in [6.07, 6.45) is 1.50. The van der Waals surface area contributed by atoms with Crippen LogP contribution in [-0.2, 0) is 0 Å². The second-order valence-corrected chi connectivity index (χ2v) is 5.38. The Morgan fingerprint density at radius 3 is 2.95 bits per heavy atom. The Hall–Kier alpha value is -1.79. The lowest BCUT2D eigenvalue weighted by atomic mass is 10.2. The Morgan fingerprint density at radius 1 is 1.52 bits per heavy atom. The Labute approximate surface area is 135 Å². The number of hydrogen-bond acceptors (Lipinski definition) is 4. The topological polar surface area (TPSA) is 77.2 Å². The average molecular weight is 371 g/mol. The Morgan fingerprint density at radius 2 is 2.29 bits per heavy atom. The highest BCUT2D eigenvalue weighted by molar-refractivity contribution is 9.10. The van der Waals surface area contributed by atoms with Gasteiger partial charge in [-0.2, -0.15) is 0 Å². The maximum absolute atomic E-state index is 12.2. The normalized spacial score (nSPS) is 10.2. The monoisotopic (exact) mass is 369 g/mol. The van der Waals surface area contributed by atoms with Crippen LogP contribution in [0.1, 0.15) is 17.4 Å². The van der Waals surface area contributed by atoms with E-state index in [1.807, 2.05) is 6.92 Å². The van der Waals surface area contributed by atoms with Crippen LogP contribution in [0.4, 0.5) is 11.4 Å². The minimum Gasteiger partial charge on any atom is -0.491 e. The van der Waals surface area contributed by atoms with Crippen molar-refractivity contribution >= 4 is 44.8 Å². The Kier molecular flexibility index (Phi) is 5.03. The molecule has 0 atom stereocenters. The van der Waals surface area contributed by atoms with Crippen molar-refractivity contribution in [3.05, 3.63) is 45.7 Å². The van der Waals surface area contributed by atoms with Crippen LogP contribution in [0.3, 0.4) is 0 Å². The van der Waals surface area contributed by atoms with Gasteiger partial charge in [0, 0.05) is 11.2 Å². The predicted octanol–water partition coefficient (Wildman–Crippen LogP) is 3.73. The van der Waals surface area contributed by atoms with E-state index in [0.29, 0.717) is 33.2 Å². The molecule has 1 amide bonds. The number of amides is 1. The first kappa shape index (κ1) is 15.6. The highest BCUT2D eigenvalue weighted by Gasteiger charge is 2.16. The van der Waals surface area contributed by atoms with Crippen LogP contribution >= 0.6 is 27.5 Å². The van der Waals surface area contributed by atoms with Gasteiger partial charge in [0.15, 0.2) is 11.4 Å². The van der Waals surface area contributed by atoms with Gasteiger partial charge >= 0.3 is 0 Å². The average Bonchev–Trinajstić information content (AvgIpc) is 2.43. The molecule has 21 heavy (non-hydrogen) atoms. The van der Waals surface area contributed by atoms with Gasteiger partial charge in [0.1, 0.15) is 0 Å². The van der Waals surface area contributed by atoms with Crippen molar-refractivity contribution in [2.24, 2.45) is 0 Å². The van der Waals surface area contributed by atoms with Gasteiger partial charge in [-0.1, -0.05) is 11.6 Å². The molecule has 2 aromatic rings. The lowest BCUT2D eigenvalue weighted by Crippen LogP contribution is -2.16. The van der Waals surface area contributed by atoms with Gasteiger partial charge in [-0.15, -0.1) is 0 Å². The van der Waals surface area contributed by atoms with Crippen molar-refractivity contribution in [3.8, 4) is 5.75 Å². The lowest BCUT2D eigenvalue weighted by molar-refractivity contribution is 0.102. The number of aromatic nitrogens is 1. The van der Waals surface area contributed by atoms with Gasteiger partial charge in [-0.3, -0.25) is 4.79 Å². The molecule has 0 aliphatic rings. The molecule has 0 spiro atoms. The number of nitrogens with two attached hydrogens (primary N) is 1. The molecule has 1 aromatic heterocycles. The number of carbonyl (C=O) groups is 1. The zero-order chi connectivity index (χ0) is 15.4. The third-order valence-corrected chi connectivity index (χ3v) is 3.41. The van der Waals surface area contributed by atoms with E-state index in [4.69, 9.17) is 22.1 Å². The molecule has 0 unspecified atom stereocenters. The van der Waals surface area contributed by atoms with Gasteiger partial charge in [0.2, 0.25) is 0 Å². The van der Waals surface area contributed by atoms with Crippen LogP contribution < -0.4 is 15.8 Å². The molecular weight excluding hydrogens is 358 g/mol. The number of ether oxygens (including phenoxy) is 1. The summed E-state index contributed by atoms with van der Waals surface area (Å²) in [4.78, 5) is 16.2. The molecule has 0 bridgehead atoms. The molecule has 5 nitrogen and oxygen atoms in total. The molecule has 0 aliphatic heterocycles. The third kappa shape index (κ3) is 3.65. The second kappa shape index (κ2) is 6.78. The molecule has 3 N–H and O–H groups in total. The van der Waals surface area contributed by atoms with E-state index in [0.717, 1.165) is 0 Å². The van der Waals surface area contributed by atoms with Crippen LogP contribution in [0, 0.1) is 0 Å². The summed E-state index contributed by atoms with van der Waals surface area (Å²) in [5, 5.41) is 3.18. The van der Waals surface area contributed by atoms with Crippen LogP contribution in [0.2, 0.25) is 5.02 Å². The molecule has 7 heteroatoms. The van der Waals surface area contributed by atoms with E-state index in [1.165, 1.54) is 6.20 Å². The standard InChI is InChI=1S/C14H13BrClN3O2/c1-2-21-13-9(15)6-8(16)7-11(13)19-14(20)12-10(17)4-3-5-18-12/h3-7H,2,17H2,1H3,(H,19,20). The van der Waals surface area contributed by atoms with Gasteiger partial charge in [-0.25, -0.2) is 4.98 Å². The van der Waals surface area contributed by atoms with Crippen molar-refractivity contribution in [1.29, 1.82) is 0 Å². The maximum atomic E-state index is 12.2. The highest BCUT2D eigenvalue weighted by atomic mass is 79.9. The van der Waals surface area contributed by atoms with Crippen molar-refractivity contribution in [2.75, 3.05) is 17.7 Å².